The van der Waals surface area contributed by atoms with Crippen molar-refractivity contribution in [3.63, 3.8) is 0 Å². The van der Waals surface area contributed by atoms with Gasteiger partial charge in [-0.05, 0) is 109 Å². The number of allylic oxidation sites excluding steroid dienone is 8. The van der Waals surface area contributed by atoms with Crippen LogP contribution >= 0.6 is 0 Å². The Labute approximate surface area is 334 Å². The Morgan fingerprint density at radius 1 is 0.556 bits per heavy atom. The zero-order chi connectivity index (χ0) is 39.2. The van der Waals surface area contributed by atoms with Gasteiger partial charge in [0, 0.05) is 12.6 Å². The maximum atomic E-state index is 12.6. The Balaban J connectivity index is 2.35. The lowest BCUT2D eigenvalue weighted by Crippen LogP contribution is -2.27. The number of hydrogen-bond donors (Lipinski definition) is 0. The van der Waals surface area contributed by atoms with Crippen LogP contribution in [0.25, 0.3) is 0 Å². The van der Waals surface area contributed by atoms with Crippen LogP contribution in [0.3, 0.4) is 0 Å². The molecular weight excluding hydrogens is 667 g/mol. The van der Waals surface area contributed by atoms with E-state index < -0.39 is 0 Å². The Bertz CT molecular complexity index is 1050. The van der Waals surface area contributed by atoms with E-state index in [9.17, 15) is 4.79 Å². The first-order valence-corrected chi connectivity index (χ1v) is 22.3. The molecule has 0 bridgehead atoms. The average molecular weight is 750 g/mol. The highest BCUT2D eigenvalue weighted by Gasteiger charge is 2.16. The van der Waals surface area contributed by atoms with Crippen LogP contribution in [0, 0.1) is 5.92 Å². The highest BCUT2D eigenvalue weighted by molar-refractivity contribution is 5.72. The molecule has 0 heterocycles. The molecule has 0 radical (unpaired) electrons. The summed E-state index contributed by atoms with van der Waals surface area (Å²) in [7, 11) is 3.94. The molecule has 1 rings (SSSR count). The summed E-state index contributed by atoms with van der Waals surface area (Å²) < 4.78 is 18.1. The maximum Gasteiger partial charge on any atom is 0.310 e. The zero-order valence-electron chi connectivity index (χ0n) is 35.8. The van der Waals surface area contributed by atoms with Gasteiger partial charge in [0.2, 0.25) is 0 Å². The molecule has 0 amide bonds. The summed E-state index contributed by atoms with van der Waals surface area (Å²) in [6.07, 6.45) is 48.1. The maximum absolute atomic E-state index is 12.6. The topological polar surface area (TPSA) is 48.0 Å². The van der Waals surface area contributed by atoms with Gasteiger partial charge in [-0.2, -0.15) is 0 Å². The van der Waals surface area contributed by atoms with Crippen LogP contribution < -0.4 is 9.47 Å². The molecule has 0 saturated carbocycles. The van der Waals surface area contributed by atoms with E-state index >= 15 is 0 Å². The summed E-state index contributed by atoms with van der Waals surface area (Å²) in [5.41, 5.74) is 0.905. The molecule has 0 aliphatic heterocycles. The molecule has 1 unspecified atom stereocenters. The SMILES string of the molecule is CCCCC/C=C\C/C=C\CCCCCCCCOc1cc(COC(=O)C(C)CN(C)C)cc(OCCCCCCCC/C=C\C/C=C\CCCCC)c1. The fourth-order valence-corrected chi connectivity index (χ4v) is 6.36. The van der Waals surface area contributed by atoms with E-state index in [-0.39, 0.29) is 18.5 Å². The van der Waals surface area contributed by atoms with Crippen molar-refractivity contribution in [2.75, 3.05) is 33.9 Å². The summed E-state index contributed by atoms with van der Waals surface area (Å²) in [5, 5.41) is 0. The second-order valence-corrected chi connectivity index (χ2v) is 15.4. The summed E-state index contributed by atoms with van der Waals surface area (Å²) in [6, 6.07) is 5.98. The Kier molecular flexibility index (Phi) is 33.9. The van der Waals surface area contributed by atoms with Crippen molar-refractivity contribution in [1.29, 1.82) is 0 Å². The molecule has 1 atom stereocenters. The number of nitrogens with zero attached hydrogens (tertiary/aromatic N) is 1. The fourth-order valence-electron chi connectivity index (χ4n) is 6.36. The number of benzene rings is 1. The molecule has 0 aliphatic rings. The Morgan fingerprint density at radius 3 is 1.35 bits per heavy atom. The number of rotatable bonds is 37. The number of hydrogen-bond acceptors (Lipinski definition) is 5. The van der Waals surface area contributed by atoms with Crippen molar-refractivity contribution < 1.29 is 19.0 Å². The second kappa shape index (κ2) is 37.1. The van der Waals surface area contributed by atoms with Gasteiger partial charge in [0.25, 0.3) is 0 Å². The first-order chi connectivity index (χ1) is 26.5. The highest BCUT2D eigenvalue weighted by atomic mass is 16.5. The van der Waals surface area contributed by atoms with Gasteiger partial charge in [0.1, 0.15) is 18.1 Å². The van der Waals surface area contributed by atoms with Crippen molar-refractivity contribution in [3.05, 3.63) is 72.4 Å². The lowest BCUT2D eigenvalue weighted by atomic mass is 10.1. The van der Waals surface area contributed by atoms with E-state index in [1.54, 1.807) is 0 Å². The van der Waals surface area contributed by atoms with Gasteiger partial charge in [-0.3, -0.25) is 4.79 Å². The third-order valence-corrected chi connectivity index (χ3v) is 9.59. The molecule has 0 aliphatic carbocycles. The minimum atomic E-state index is -0.180. The molecule has 54 heavy (non-hydrogen) atoms. The van der Waals surface area contributed by atoms with Gasteiger partial charge >= 0.3 is 5.97 Å². The summed E-state index contributed by atoms with van der Waals surface area (Å²) in [5.74, 6) is 1.22. The van der Waals surface area contributed by atoms with Crippen molar-refractivity contribution in [3.8, 4) is 11.5 Å². The molecule has 1 aromatic carbocycles. The number of esters is 1. The minimum absolute atomic E-state index is 0.178. The standard InChI is InChI=1S/C49H83NO4/c1-6-8-10-12-14-16-18-20-22-24-26-28-30-32-34-36-38-52-47-40-46(44-54-49(51)45(3)43-50(4)5)41-48(42-47)53-39-37-35-33-31-29-27-25-23-21-19-17-15-13-11-9-7-2/h14-17,20-23,40-42,45H,6-13,18-19,24-39,43-44H2,1-5H3/b16-14-,17-15-,22-20-,23-21-. The zero-order valence-corrected chi connectivity index (χ0v) is 35.8. The molecular formula is C49H83NO4. The van der Waals surface area contributed by atoms with Gasteiger partial charge in [-0.25, -0.2) is 0 Å². The van der Waals surface area contributed by atoms with Crippen molar-refractivity contribution in [2.24, 2.45) is 5.92 Å². The summed E-state index contributed by atoms with van der Waals surface area (Å²) >= 11 is 0. The first kappa shape index (κ1) is 49.2. The predicted molar refractivity (Wildman–Crippen MR) is 234 cm³/mol. The summed E-state index contributed by atoms with van der Waals surface area (Å²) in [4.78, 5) is 14.6. The number of carbonyl (C=O) groups excluding carboxylic acids is 1. The van der Waals surface area contributed by atoms with E-state index in [0.29, 0.717) is 19.8 Å². The number of carbonyl (C=O) groups is 1. The normalized spacial score (nSPS) is 12.6. The van der Waals surface area contributed by atoms with Gasteiger partial charge in [0.15, 0.2) is 0 Å². The van der Waals surface area contributed by atoms with Crippen LogP contribution in [0.2, 0.25) is 0 Å². The summed E-state index contributed by atoms with van der Waals surface area (Å²) in [6.45, 7) is 8.68. The average Bonchev–Trinajstić information content (AvgIpc) is 3.16. The van der Waals surface area contributed by atoms with Crippen LogP contribution in [-0.2, 0) is 16.1 Å². The highest BCUT2D eigenvalue weighted by Crippen LogP contribution is 2.25. The van der Waals surface area contributed by atoms with Crippen molar-refractivity contribution >= 4 is 5.97 Å². The Hall–Kier alpha value is -2.79. The van der Waals surface area contributed by atoms with E-state index in [1.165, 1.54) is 128 Å². The van der Waals surface area contributed by atoms with Gasteiger partial charge in [-0.1, -0.05) is 146 Å². The molecule has 5 nitrogen and oxygen atoms in total. The third kappa shape index (κ3) is 31.5. The van der Waals surface area contributed by atoms with Crippen LogP contribution in [0.4, 0.5) is 0 Å². The van der Waals surface area contributed by atoms with Crippen LogP contribution in [-0.4, -0.2) is 44.7 Å². The Morgan fingerprint density at radius 2 is 0.944 bits per heavy atom. The van der Waals surface area contributed by atoms with E-state index in [1.807, 2.05) is 44.1 Å². The van der Waals surface area contributed by atoms with Crippen LogP contribution in [0.15, 0.2) is 66.8 Å². The van der Waals surface area contributed by atoms with E-state index in [4.69, 9.17) is 14.2 Å². The first-order valence-electron chi connectivity index (χ1n) is 22.3. The molecule has 0 N–H and O–H groups in total. The molecule has 308 valence electrons. The number of ether oxygens (including phenoxy) is 3. The lowest BCUT2D eigenvalue weighted by Gasteiger charge is -2.16. The molecule has 1 aromatic rings. The quantitative estimate of drug-likeness (QED) is 0.0385. The lowest BCUT2D eigenvalue weighted by molar-refractivity contribution is -0.149. The van der Waals surface area contributed by atoms with E-state index in [2.05, 4.69) is 62.5 Å². The molecule has 0 fully saturated rings. The van der Waals surface area contributed by atoms with Gasteiger partial charge in [-0.15, -0.1) is 0 Å². The molecule has 0 aromatic heterocycles. The minimum Gasteiger partial charge on any atom is -0.493 e. The molecule has 0 saturated heterocycles. The largest absolute Gasteiger partial charge is 0.493 e. The van der Waals surface area contributed by atoms with Crippen molar-refractivity contribution in [2.45, 2.75) is 181 Å². The molecule has 0 spiro atoms. The predicted octanol–water partition coefficient (Wildman–Crippen LogP) is 14.3. The number of unbranched alkanes of at least 4 members (excludes halogenated alkanes) is 18. The second-order valence-electron chi connectivity index (χ2n) is 15.4. The monoisotopic (exact) mass is 750 g/mol. The fraction of sp³-hybridized carbons (Fsp3) is 0.694. The van der Waals surface area contributed by atoms with Crippen molar-refractivity contribution in [1.82, 2.24) is 4.90 Å². The van der Waals surface area contributed by atoms with Crippen LogP contribution in [0.5, 0.6) is 11.5 Å². The van der Waals surface area contributed by atoms with Gasteiger partial charge < -0.3 is 19.1 Å². The molecule has 5 heteroatoms. The van der Waals surface area contributed by atoms with E-state index in [0.717, 1.165) is 42.7 Å². The van der Waals surface area contributed by atoms with Gasteiger partial charge in [0.05, 0.1) is 19.1 Å². The third-order valence-electron chi connectivity index (χ3n) is 9.59. The van der Waals surface area contributed by atoms with Crippen LogP contribution in [0.1, 0.15) is 180 Å². The smallest absolute Gasteiger partial charge is 0.310 e.